The Morgan fingerprint density at radius 1 is 1.35 bits per heavy atom. The van der Waals surface area contributed by atoms with Gasteiger partial charge in [-0.15, -0.1) is 0 Å². The molecule has 0 spiro atoms. The van der Waals surface area contributed by atoms with Crippen molar-refractivity contribution in [3.8, 4) is 11.3 Å². The van der Waals surface area contributed by atoms with Crippen molar-refractivity contribution < 1.29 is 4.79 Å². The zero-order valence-corrected chi connectivity index (χ0v) is 10.4. The van der Waals surface area contributed by atoms with Crippen LogP contribution in [0, 0.1) is 6.92 Å². The van der Waals surface area contributed by atoms with Crippen molar-refractivity contribution in [3.05, 3.63) is 41.6 Å². The van der Waals surface area contributed by atoms with Crippen LogP contribution in [0.1, 0.15) is 29.8 Å². The summed E-state index contributed by atoms with van der Waals surface area (Å²) >= 11 is 0. The third kappa shape index (κ3) is 2.00. The van der Waals surface area contributed by atoms with E-state index in [1.165, 1.54) is 0 Å². The van der Waals surface area contributed by atoms with Gasteiger partial charge < -0.3 is 0 Å². The van der Waals surface area contributed by atoms with Gasteiger partial charge in [0.15, 0.2) is 5.78 Å². The molecular formula is C14H16N2O. The fraction of sp³-hybridized carbons (Fsp3) is 0.286. The number of ketones is 1. The van der Waals surface area contributed by atoms with Gasteiger partial charge in [-0.2, -0.15) is 5.10 Å². The summed E-state index contributed by atoms with van der Waals surface area (Å²) in [6.07, 6.45) is 1.66. The Morgan fingerprint density at radius 3 is 2.65 bits per heavy atom. The topological polar surface area (TPSA) is 34.9 Å². The van der Waals surface area contributed by atoms with Crippen LogP contribution >= 0.6 is 0 Å². The number of carbonyl (C=O) groups excluding carboxylic acids is 1. The lowest BCUT2D eigenvalue weighted by Crippen LogP contribution is -2.02. The largest absolute Gasteiger partial charge is 0.294 e. The normalized spacial score (nSPS) is 10.5. The van der Waals surface area contributed by atoms with E-state index in [1.54, 1.807) is 13.1 Å². The van der Waals surface area contributed by atoms with E-state index in [1.807, 2.05) is 42.8 Å². The molecular weight excluding hydrogens is 212 g/mol. The van der Waals surface area contributed by atoms with E-state index in [9.17, 15) is 4.79 Å². The lowest BCUT2D eigenvalue weighted by molar-refractivity contribution is 0.101. The first kappa shape index (κ1) is 11.6. The molecule has 0 amide bonds. The average molecular weight is 228 g/mol. The second-order valence-corrected chi connectivity index (χ2v) is 4.09. The Labute approximate surface area is 101 Å². The van der Waals surface area contributed by atoms with Gasteiger partial charge in [0.25, 0.3) is 0 Å². The highest BCUT2D eigenvalue weighted by Crippen LogP contribution is 2.27. The number of aryl methyl sites for hydroxylation is 2. The molecule has 0 saturated carbocycles. The van der Waals surface area contributed by atoms with Crippen LogP contribution < -0.4 is 0 Å². The highest BCUT2D eigenvalue weighted by atomic mass is 16.1. The predicted molar refractivity (Wildman–Crippen MR) is 68.1 cm³/mol. The number of rotatable bonds is 3. The van der Waals surface area contributed by atoms with Crippen molar-refractivity contribution in [2.24, 2.45) is 0 Å². The number of nitrogens with zero attached hydrogens (tertiary/aromatic N) is 2. The lowest BCUT2D eigenvalue weighted by atomic mass is 10.0. The standard InChI is InChI=1S/C14H16N2O/c1-4-16-14(13(9-15-16)11(3)17)12-8-6-5-7-10(12)2/h5-9H,4H2,1-3H3. The molecule has 0 radical (unpaired) electrons. The first-order valence-electron chi connectivity index (χ1n) is 5.78. The maximum atomic E-state index is 11.6. The van der Waals surface area contributed by atoms with Gasteiger partial charge in [-0.1, -0.05) is 24.3 Å². The van der Waals surface area contributed by atoms with Gasteiger partial charge in [0.1, 0.15) is 0 Å². The molecule has 0 atom stereocenters. The minimum Gasteiger partial charge on any atom is -0.294 e. The second-order valence-electron chi connectivity index (χ2n) is 4.09. The molecule has 0 N–H and O–H groups in total. The zero-order valence-electron chi connectivity index (χ0n) is 10.4. The van der Waals surface area contributed by atoms with Gasteiger partial charge in [-0.3, -0.25) is 9.48 Å². The first-order chi connectivity index (χ1) is 8.15. The molecule has 2 rings (SSSR count). The Balaban J connectivity index is 2.69. The number of hydrogen-bond donors (Lipinski definition) is 0. The predicted octanol–water partition coefficient (Wildman–Crippen LogP) is 3.08. The van der Waals surface area contributed by atoms with Crippen molar-refractivity contribution in [2.75, 3.05) is 0 Å². The van der Waals surface area contributed by atoms with Crippen LogP contribution in [0.25, 0.3) is 11.3 Å². The summed E-state index contributed by atoms with van der Waals surface area (Å²) in [5.74, 6) is 0.0583. The lowest BCUT2D eigenvalue weighted by Gasteiger charge is -2.09. The Morgan fingerprint density at radius 2 is 2.06 bits per heavy atom. The monoisotopic (exact) mass is 228 g/mol. The molecule has 0 fully saturated rings. The maximum absolute atomic E-state index is 11.6. The van der Waals surface area contributed by atoms with Crippen molar-refractivity contribution in [2.45, 2.75) is 27.3 Å². The molecule has 17 heavy (non-hydrogen) atoms. The van der Waals surface area contributed by atoms with Crippen LogP contribution in [0.4, 0.5) is 0 Å². The van der Waals surface area contributed by atoms with Gasteiger partial charge in [0, 0.05) is 12.1 Å². The molecule has 3 heteroatoms. The Kier molecular flexibility index (Phi) is 3.09. The summed E-state index contributed by atoms with van der Waals surface area (Å²) in [5.41, 5.74) is 3.86. The summed E-state index contributed by atoms with van der Waals surface area (Å²) in [5, 5.41) is 4.27. The van der Waals surface area contributed by atoms with E-state index in [0.717, 1.165) is 23.4 Å². The van der Waals surface area contributed by atoms with Crippen LogP contribution in [0.3, 0.4) is 0 Å². The summed E-state index contributed by atoms with van der Waals surface area (Å²) < 4.78 is 1.87. The summed E-state index contributed by atoms with van der Waals surface area (Å²) in [6.45, 7) is 6.42. The van der Waals surface area contributed by atoms with E-state index in [0.29, 0.717) is 5.56 Å². The molecule has 0 aliphatic rings. The van der Waals surface area contributed by atoms with E-state index < -0.39 is 0 Å². The second kappa shape index (κ2) is 4.53. The first-order valence-corrected chi connectivity index (χ1v) is 5.78. The van der Waals surface area contributed by atoms with E-state index in [2.05, 4.69) is 5.10 Å². The Hall–Kier alpha value is -1.90. The van der Waals surface area contributed by atoms with Crippen molar-refractivity contribution >= 4 is 5.78 Å². The fourth-order valence-electron chi connectivity index (χ4n) is 2.01. The van der Waals surface area contributed by atoms with Gasteiger partial charge in [0.2, 0.25) is 0 Å². The molecule has 3 nitrogen and oxygen atoms in total. The number of benzene rings is 1. The third-order valence-electron chi connectivity index (χ3n) is 2.92. The molecule has 1 heterocycles. The van der Waals surface area contributed by atoms with Crippen molar-refractivity contribution in [3.63, 3.8) is 0 Å². The van der Waals surface area contributed by atoms with Gasteiger partial charge in [0.05, 0.1) is 17.5 Å². The highest BCUT2D eigenvalue weighted by Gasteiger charge is 2.16. The summed E-state index contributed by atoms with van der Waals surface area (Å²) in [4.78, 5) is 11.6. The number of aromatic nitrogens is 2. The average Bonchev–Trinajstić information content (AvgIpc) is 2.73. The number of Topliss-reactive ketones (excluding diaryl/α,β-unsaturated/α-hetero) is 1. The minimum atomic E-state index is 0.0583. The van der Waals surface area contributed by atoms with Gasteiger partial charge >= 0.3 is 0 Å². The fourth-order valence-corrected chi connectivity index (χ4v) is 2.01. The molecule has 0 unspecified atom stereocenters. The molecule has 1 aromatic heterocycles. The zero-order chi connectivity index (χ0) is 12.4. The van der Waals surface area contributed by atoms with Crippen LogP contribution in [-0.2, 0) is 6.54 Å². The van der Waals surface area contributed by atoms with E-state index >= 15 is 0 Å². The minimum absolute atomic E-state index is 0.0583. The summed E-state index contributed by atoms with van der Waals surface area (Å²) in [7, 11) is 0. The molecule has 0 saturated heterocycles. The van der Waals surface area contributed by atoms with Gasteiger partial charge in [-0.05, 0) is 26.3 Å². The number of hydrogen-bond acceptors (Lipinski definition) is 2. The highest BCUT2D eigenvalue weighted by molar-refractivity contribution is 6.00. The van der Waals surface area contributed by atoms with E-state index in [-0.39, 0.29) is 5.78 Å². The molecule has 2 aromatic rings. The molecule has 1 aromatic carbocycles. The van der Waals surface area contributed by atoms with Crippen LogP contribution in [-0.4, -0.2) is 15.6 Å². The van der Waals surface area contributed by atoms with Crippen molar-refractivity contribution in [1.82, 2.24) is 9.78 Å². The number of carbonyl (C=O) groups is 1. The quantitative estimate of drug-likeness (QED) is 0.757. The van der Waals surface area contributed by atoms with Crippen molar-refractivity contribution in [1.29, 1.82) is 0 Å². The maximum Gasteiger partial charge on any atom is 0.163 e. The van der Waals surface area contributed by atoms with Crippen LogP contribution in [0.2, 0.25) is 0 Å². The molecule has 0 bridgehead atoms. The van der Waals surface area contributed by atoms with Crippen LogP contribution in [0.15, 0.2) is 30.5 Å². The Bertz CT molecular complexity index is 555. The SMILES string of the molecule is CCn1ncc(C(C)=O)c1-c1ccccc1C. The molecule has 0 aliphatic carbocycles. The van der Waals surface area contributed by atoms with Gasteiger partial charge in [-0.25, -0.2) is 0 Å². The van der Waals surface area contributed by atoms with E-state index in [4.69, 9.17) is 0 Å². The smallest absolute Gasteiger partial charge is 0.163 e. The molecule has 88 valence electrons. The summed E-state index contributed by atoms with van der Waals surface area (Å²) in [6, 6.07) is 8.06. The third-order valence-corrected chi connectivity index (χ3v) is 2.92. The van der Waals surface area contributed by atoms with Crippen LogP contribution in [0.5, 0.6) is 0 Å². The molecule has 0 aliphatic heterocycles.